The highest BCUT2D eigenvalue weighted by atomic mass is 16.5. The Morgan fingerprint density at radius 1 is 1.33 bits per heavy atom. The van der Waals surface area contributed by atoms with Crippen LogP contribution in [-0.4, -0.2) is 23.6 Å². The van der Waals surface area contributed by atoms with Crippen molar-refractivity contribution in [1.29, 1.82) is 0 Å². The predicted molar refractivity (Wildman–Crippen MR) is 70.6 cm³/mol. The van der Waals surface area contributed by atoms with Crippen LogP contribution in [0.2, 0.25) is 0 Å². The van der Waals surface area contributed by atoms with Crippen LogP contribution in [0.5, 0.6) is 5.75 Å². The summed E-state index contributed by atoms with van der Waals surface area (Å²) in [4.78, 5) is 8.36. The van der Waals surface area contributed by atoms with E-state index >= 15 is 0 Å². The molecule has 5 nitrogen and oxygen atoms in total. The quantitative estimate of drug-likeness (QED) is 0.838. The third-order valence-electron chi connectivity index (χ3n) is 2.99. The molecule has 0 aliphatic carbocycles. The highest BCUT2D eigenvalue weighted by Crippen LogP contribution is 2.36. The van der Waals surface area contributed by atoms with Gasteiger partial charge in [-0.3, -0.25) is 0 Å². The Labute approximate surface area is 105 Å². The van der Waals surface area contributed by atoms with Gasteiger partial charge in [0.1, 0.15) is 11.6 Å². The number of hydrogen-bond acceptors (Lipinski definition) is 5. The lowest BCUT2D eigenvalue weighted by Crippen LogP contribution is -2.01. The summed E-state index contributed by atoms with van der Waals surface area (Å²) in [6, 6.07) is 7.95. The summed E-state index contributed by atoms with van der Waals surface area (Å²) in [7, 11) is 1.80. The summed E-state index contributed by atoms with van der Waals surface area (Å²) in [5.74, 6) is 1.87. The Hall–Kier alpha value is -2.30. The van der Waals surface area contributed by atoms with Gasteiger partial charge in [-0.1, -0.05) is 12.1 Å². The molecule has 2 aromatic rings. The van der Waals surface area contributed by atoms with E-state index in [1.54, 1.807) is 7.05 Å². The molecule has 3 N–H and O–H groups in total. The number of benzene rings is 1. The van der Waals surface area contributed by atoms with Crippen LogP contribution in [0.4, 0.5) is 11.8 Å². The first-order chi connectivity index (χ1) is 8.78. The molecular weight excluding hydrogens is 228 g/mol. The zero-order valence-electron chi connectivity index (χ0n) is 10.1. The number of para-hydroxylation sites is 1. The van der Waals surface area contributed by atoms with Gasteiger partial charge in [0.25, 0.3) is 0 Å². The highest BCUT2D eigenvalue weighted by molar-refractivity contribution is 5.72. The van der Waals surface area contributed by atoms with Crippen molar-refractivity contribution in [1.82, 2.24) is 9.97 Å². The Balaban J connectivity index is 2.15. The molecule has 1 aromatic heterocycles. The molecule has 2 heterocycles. The molecule has 0 saturated heterocycles. The molecule has 1 aromatic carbocycles. The summed E-state index contributed by atoms with van der Waals surface area (Å²) in [6.45, 7) is 0.728. The van der Waals surface area contributed by atoms with Gasteiger partial charge in [-0.2, -0.15) is 4.98 Å². The third-order valence-corrected chi connectivity index (χ3v) is 2.99. The Morgan fingerprint density at radius 3 is 3.06 bits per heavy atom. The maximum atomic E-state index is 5.71. The fourth-order valence-corrected chi connectivity index (χ4v) is 2.15. The molecule has 0 bridgehead atoms. The van der Waals surface area contributed by atoms with Crippen molar-refractivity contribution in [3.05, 3.63) is 29.8 Å². The van der Waals surface area contributed by atoms with E-state index in [0.717, 1.165) is 30.0 Å². The first-order valence-electron chi connectivity index (χ1n) is 5.85. The molecule has 0 radical (unpaired) electrons. The zero-order chi connectivity index (χ0) is 12.5. The van der Waals surface area contributed by atoms with E-state index in [2.05, 4.69) is 21.4 Å². The third kappa shape index (κ3) is 1.73. The number of hydrogen-bond donors (Lipinski definition) is 2. The van der Waals surface area contributed by atoms with Crippen LogP contribution in [-0.2, 0) is 6.42 Å². The first-order valence-corrected chi connectivity index (χ1v) is 5.85. The van der Waals surface area contributed by atoms with E-state index in [1.807, 2.05) is 18.2 Å². The summed E-state index contributed by atoms with van der Waals surface area (Å²) in [5.41, 5.74) is 8.68. The Bertz CT molecular complexity index is 598. The van der Waals surface area contributed by atoms with Crippen LogP contribution in [0.3, 0.4) is 0 Å². The van der Waals surface area contributed by atoms with E-state index in [9.17, 15) is 0 Å². The Morgan fingerprint density at radius 2 is 2.22 bits per heavy atom. The van der Waals surface area contributed by atoms with Crippen LogP contribution in [0, 0.1) is 0 Å². The van der Waals surface area contributed by atoms with E-state index in [0.29, 0.717) is 5.82 Å². The summed E-state index contributed by atoms with van der Waals surface area (Å²) >= 11 is 0. The number of nitrogen functional groups attached to an aromatic ring is 1. The minimum Gasteiger partial charge on any atom is -0.492 e. The highest BCUT2D eigenvalue weighted by Gasteiger charge is 2.18. The monoisotopic (exact) mass is 242 g/mol. The standard InChI is InChI=1S/C13H14N4O/c1-15-11-7-10(16-13(14)17-11)9-4-2-3-8-5-6-18-12(8)9/h2-4,7H,5-6H2,1H3,(H3,14,15,16,17). The van der Waals surface area contributed by atoms with Crippen molar-refractivity contribution in [2.24, 2.45) is 0 Å². The fourth-order valence-electron chi connectivity index (χ4n) is 2.15. The van der Waals surface area contributed by atoms with E-state index < -0.39 is 0 Å². The number of aromatic nitrogens is 2. The van der Waals surface area contributed by atoms with Crippen LogP contribution in [0.15, 0.2) is 24.3 Å². The summed E-state index contributed by atoms with van der Waals surface area (Å²) < 4.78 is 5.68. The molecule has 5 heteroatoms. The molecule has 0 fully saturated rings. The molecule has 0 unspecified atom stereocenters. The summed E-state index contributed by atoms with van der Waals surface area (Å²) in [5, 5.41) is 2.97. The number of fused-ring (bicyclic) bond motifs is 1. The average molecular weight is 242 g/mol. The largest absolute Gasteiger partial charge is 0.492 e. The molecule has 92 valence electrons. The second-order valence-corrected chi connectivity index (χ2v) is 4.14. The van der Waals surface area contributed by atoms with Crippen molar-refractivity contribution in [3.63, 3.8) is 0 Å². The van der Waals surface area contributed by atoms with Crippen molar-refractivity contribution < 1.29 is 4.74 Å². The lowest BCUT2D eigenvalue weighted by atomic mass is 10.1. The number of nitrogens with one attached hydrogen (secondary N) is 1. The second-order valence-electron chi connectivity index (χ2n) is 4.14. The van der Waals surface area contributed by atoms with Crippen LogP contribution >= 0.6 is 0 Å². The van der Waals surface area contributed by atoms with E-state index in [1.165, 1.54) is 5.56 Å². The van der Waals surface area contributed by atoms with Gasteiger partial charge in [0, 0.05) is 25.1 Å². The number of nitrogens with two attached hydrogens (primary N) is 1. The smallest absolute Gasteiger partial charge is 0.222 e. The maximum Gasteiger partial charge on any atom is 0.222 e. The number of ether oxygens (including phenoxy) is 1. The fraction of sp³-hybridized carbons (Fsp3) is 0.231. The Kier molecular flexibility index (Phi) is 2.51. The van der Waals surface area contributed by atoms with Crippen molar-refractivity contribution >= 4 is 11.8 Å². The van der Waals surface area contributed by atoms with Gasteiger partial charge in [0.15, 0.2) is 0 Å². The molecule has 0 spiro atoms. The van der Waals surface area contributed by atoms with Crippen LogP contribution in [0.1, 0.15) is 5.56 Å². The van der Waals surface area contributed by atoms with Gasteiger partial charge in [0.05, 0.1) is 12.3 Å². The normalized spacial score (nSPS) is 12.9. The van der Waals surface area contributed by atoms with Crippen molar-refractivity contribution in [2.75, 3.05) is 24.7 Å². The molecule has 0 saturated carbocycles. The van der Waals surface area contributed by atoms with Crippen LogP contribution in [0.25, 0.3) is 11.3 Å². The van der Waals surface area contributed by atoms with Crippen molar-refractivity contribution in [3.8, 4) is 17.0 Å². The first kappa shape index (κ1) is 10.8. The lowest BCUT2D eigenvalue weighted by Gasteiger charge is -2.09. The lowest BCUT2D eigenvalue weighted by molar-refractivity contribution is 0.358. The SMILES string of the molecule is CNc1cc(-c2cccc3c2OCC3)nc(N)n1. The number of nitrogens with zero attached hydrogens (tertiary/aromatic N) is 2. The van der Waals surface area contributed by atoms with E-state index in [-0.39, 0.29) is 5.95 Å². The van der Waals surface area contributed by atoms with Crippen LogP contribution < -0.4 is 15.8 Å². The zero-order valence-corrected chi connectivity index (χ0v) is 10.1. The van der Waals surface area contributed by atoms with E-state index in [4.69, 9.17) is 10.5 Å². The topological polar surface area (TPSA) is 73.1 Å². The number of rotatable bonds is 2. The van der Waals surface area contributed by atoms with Gasteiger partial charge in [-0.15, -0.1) is 0 Å². The van der Waals surface area contributed by atoms with Gasteiger partial charge >= 0.3 is 0 Å². The number of anilines is 2. The van der Waals surface area contributed by atoms with Gasteiger partial charge in [-0.05, 0) is 11.6 Å². The molecule has 18 heavy (non-hydrogen) atoms. The molecule has 0 atom stereocenters. The average Bonchev–Trinajstić information content (AvgIpc) is 2.85. The van der Waals surface area contributed by atoms with Gasteiger partial charge in [0.2, 0.25) is 5.95 Å². The predicted octanol–water partition coefficient (Wildman–Crippen LogP) is 1.70. The second kappa shape index (κ2) is 4.18. The molecule has 1 aliphatic rings. The summed E-state index contributed by atoms with van der Waals surface area (Å²) in [6.07, 6.45) is 0.947. The molecular formula is C13H14N4O. The molecule has 1 aliphatic heterocycles. The minimum absolute atomic E-state index is 0.257. The van der Waals surface area contributed by atoms with Gasteiger partial charge < -0.3 is 15.8 Å². The minimum atomic E-state index is 0.257. The molecule has 0 amide bonds. The maximum absolute atomic E-state index is 5.71. The van der Waals surface area contributed by atoms with Crippen molar-refractivity contribution in [2.45, 2.75) is 6.42 Å². The van der Waals surface area contributed by atoms with Gasteiger partial charge in [-0.25, -0.2) is 4.98 Å². The molecule has 3 rings (SSSR count).